The molecule has 5 aromatic rings. The Labute approximate surface area is 201 Å². The molecule has 1 heteroatoms. The Morgan fingerprint density at radius 3 is 2.26 bits per heavy atom. The number of allylic oxidation sites excluding steroid dienone is 4. The van der Waals surface area contributed by atoms with Crippen LogP contribution in [-0.4, -0.2) is 4.57 Å². The molecule has 2 heterocycles. The molecule has 0 saturated heterocycles. The van der Waals surface area contributed by atoms with Gasteiger partial charge in [0.1, 0.15) is 0 Å². The molecule has 1 aromatic heterocycles. The fraction of sp³-hybridized carbons (Fsp3) is 0.152. The van der Waals surface area contributed by atoms with Crippen molar-refractivity contribution in [3.05, 3.63) is 120 Å². The number of fused-ring (bicyclic) bond motifs is 5. The highest BCUT2D eigenvalue weighted by Gasteiger charge is 2.35. The predicted octanol–water partition coefficient (Wildman–Crippen LogP) is 9.07. The summed E-state index contributed by atoms with van der Waals surface area (Å²) < 4.78 is 2.49. The third-order valence-corrected chi connectivity index (χ3v) is 7.45. The van der Waals surface area contributed by atoms with Gasteiger partial charge in [-0.05, 0) is 77.6 Å². The van der Waals surface area contributed by atoms with E-state index in [4.69, 9.17) is 0 Å². The molecule has 0 amide bonds. The minimum atomic E-state index is -0.0910. The Morgan fingerprint density at radius 2 is 1.50 bits per heavy atom. The van der Waals surface area contributed by atoms with Gasteiger partial charge >= 0.3 is 0 Å². The summed E-state index contributed by atoms with van der Waals surface area (Å²) in [6.07, 6.45) is 6.50. The Kier molecular flexibility index (Phi) is 4.64. The van der Waals surface area contributed by atoms with Crippen molar-refractivity contribution in [3.8, 4) is 16.8 Å². The van der Waals surface area contributed by atoms with Crippen LogP contribution in [0.1, 0.15) is 44.4 Å². The van der Waals surface area contributed by atoms with Crippen molar-refractivity contribution in [1.82, 2.24) is 4.57 Å². The molecule has 0 saturated carbocycles. The highest BCUT2D eigenvalue weighted by molar-refractivity contribution is 6.13. The van der Waals surface area contributed by atoms with Crippen LogP contribution in [0.2, 0.25) is 0 Å². The zero-order chi connectivity index (χ0) is 23.4. The Morgan fingerprint density at radius 1 is 0.735 bits per heavy atom. The van der Waals surface area contributed by atoms with Crippen molar-refractivity contribution in [2.75, 3.05) is 0 Å². The lowest BCUT2D eigenvalue weighted by Gasteiger charge is -2.35. The topological polar surface area (TPSA) is 4.93 Å². The van der Waals surface area contributed by atoms with Crippen LogP contribution in [0.5, 0.6) is 0 Å². The van der Waals surface area contributed by atoms with E-state index in [2.05, 4.69) is 135 Å². The molecule has 1 nitrogen and oxygen atoms in total. The van der Waals surface area contributed by atoms with Crippen molar-refractivity contribution in [3.63, 3.8) is 0 Å². The highest BCUT2D eigenvalue weighted by Crippen LogP contribution is 2.49. The smallest absolute Gasteiger partial charge is 0.0582 e. The van der Waals surface area contributed by atoms with Gasteiger partial charge in [-0.1, -0.05) is 86.7 Å². The summed E-state index contributed by atoms with van der Waals surface area (Å²) in [7, 11) is 0. The van der Waals surface area contributed by atoms with Gasteiger partial charge in [-0.3, -0.25) is 0 Å². The lowest BCUT2D eigenvalue weighted by Crippen LogP contribution is -2.26. The van der Waals surface area contributed by atoms with Crippen LogP contribution in [0.3, 0.4) is 0 Å². The Hall–Kier alpha value is -3.84. The number of nitrogens with zero attached hydrogens (tertiary/aromatic N) is 1. The van der Waals surface area contributed by atoms with E-state index in [9.17, 15) is 0 Å². The molecule has 6 rings (SSSR count). The van der Waals surface area contributed by atoms with Crippen LogP contribution in [0, 0.1) is 0 Å². The fourth-order valence-corrected chi connectivity index (χ4v) is 5.73. The van der Waals surface area contributed by atoms with Gasteiger partial charge in [0.05, 0.1) is 16.7 Å². The van der Waals surface area contributed by atoms with Gasteiger partial charge < -0.3 is 4.57 Å². The summed E-state index contributed by atoms with van der Waals surface area (Å²) in [5, 5.41) is 2.63. The number of para-hydroxylation sites is 1. The van der Waals surface area contributed by atoms with Crippen LogP contribution in [0.15, 0.2) is 103 Å². The van der Waals surface area contributed by atoms with Crippen molar-refractivity contribution in [2.24, 2.45) is 0 Å². The van der Waals surface area contributed by atoms with E-state index in [1.165, 1.54) is 60.9 Å². The van der Waals surface area contributed by atoms with Crippen LogP contribution >= 0.6 is 0 Å². The number of aromatic nitrogens is 1. The van der Waals surface area contributed by atoms with E-state index in [-0.39, 0.29) is 5.41 Å². The third-order valence-electron chi connectivity index (χ3n) is 7.45. The standard InChI is InChI=1S/C33H29N/c1-5-12-22(6-2)24-17-18-30-26(19-24)27-20-25(23-13-8-7-9-14-23)21-29-32(27)34(30)31-16-11-10-15-28(31)33(29,3)4/h5-21H,1-4H3/b12-5-,22-6+. The van der Waals surface area contributed by atoms with Crippen LogP contribution in [0.25, 0.3) is 44.2 Å². The quantitative estimate of drug-likeness (QED) is 0.247. The molecule has 1 aliphatic heterocycles. The maximum atomic E-state index is 2.49. The number of hydrogen-bond donors (Lipinski definition) is 0. The first kappa shape index (κ1) is 20.7. The Bertz CT molecular complexity index is 1620. The number of rotatable bonds is 3. The zero-order valence-electron chi connectivity index (χ0n) is 20.3. The van der Waals surface area contributed by atoms with Gasteiger partial charge in [0.15, 0.2) is 0 Å². The van der Waals surface area contributed by atoms with E-state index < -0.39 is 0 Å². The molecule has 0 bridgehead atoms. The average molecular weight is 440 g/mol. The minimum absolute atomic E-state index is 0.0910. The van der Waals surface area contributed by atoms with Crippen molar-refractivity contribution < 1.29 is 0 Å². The third kappa shape index (κ3) is 2.86. The molecule has 0 N–H and O–H groups in total. The summed E-state index contributed by atoms with van der Waals surface area (Å²) in [5.41, 5.74) is 11.6. The molecular formula is C33H29N. The molecule has 34 heavy (non-hydrogen) atoms. The monoisotopic (exact) mass is 439 g/mol. The number of benzene rings is 4. The average Bonchev–Trinajstić information content (AvgIpc) is 3.20. The first-order valence-electron chi connectivity index (χ1n) is 12.1. The maximum Gasteiger partial charge on any atom is 0.0582 e. The first-order valence-corrected chi connectivity index (χ1v) is 12.1. The van der Waals surface area contributed by atoms with E-state index in [1.54, 1.807) is 0 Å². The van der Waals surface area contributed by atoms with Crippen molar-refractivity contribution >= 4 is 27.4 Å². The molecule has 166 valence electrons. The summed E-state index contributed by atoms with van der Waals surface area (Å²) in [5.74, 6) is 0. The summed E-state index contributed by atoms with van der Waals surface area (Å²) in [6.45, 7) is 8.92. The lowest BCUT2D eigenvalue weighted by atomic mass is 9.74. The molecule has 0 fully saturated rings. The van der Waals surface area contributed by atoms with Crippen LogP contribution in [0.4, 0.5) is 0 Å². The SMILES string of the molecule is C/C=C\C(=C/C)c1ccc2c(c1)c1cc(-c3ccccc3)cc3c1n2-c1ccccc1C3(C)C. The van der Waals surface area contributed by atoms with Gasteiger partial charge in [-0.2, -0.15) is 0 Å². The molecule has 1 aliphatic rings. The maximum absolute atomic E-state index is 2.49. The molecule has 0 atom stereocenters. The number of hydrogen-bond acceptors (Lipinski definition) is 0. The van der Waals surface area contributed by atoms with E-state index in [0.29, 0.717) is 0 Å². The van der Waals surface area contributed by atoms with Gasteiger partial charge in [-0.15, -0.1) is 0 Å². The molecule has 0 spiro atoms. The van der Waals surface area contributed by atoms with Gasteiger partial charge in [0.2, 0.25) is 0 Å². The molecule has 0 aliphatic carbocycles. The summed E-state index contributed by atoms with van der Waals surface area (Å²) >= 11 is 0. The van der Waals surface area contributed by atoms with Gasteiger partial charge in [0.25, 0.3) is 0 Å². The second kappa shape index (κ2) is 7.60. The minimum Gasteiger partial charge on any atom is -0.309 e. The second-order valence-electron chi connectivity index (χ2n) is 9.74. The summed E-state index contributed by atoms with van der Waals surface area (Å²) in [6, 6.07) is 31.4. The first-order chi connectivity index (χ1) is 16.5. The second-order valence-corrected chi connectivity index (χ2v) is 9.74. The molecule has 4 aromatic carbocycles. The van der Waals surface area contributed by atoms with Gasteiger partial charge in [0, 0.05) is 16.2 Å². The van der Waals surface area contributed by atoms with Crippen LogP contribution in [-0.2, 0) is 5.41 Å². The van der Waals surface area contributed by atoms with Gasteiger partial charge in [-0.25, -0.2) is 0 Å². The Balaban J connectivity index is 1.79. The van der Waals surface area contributed by atoms with E-state index in [0.717, 1.165) is 0 Å². The van der Waals surface area contributed by atoms with Crippen molar-refractivity contribution in [1.29, 1.82) is 0 Å². The summed E-state index contributed by atoms with van der Waals surface area (Å²) in [4.78, 5) is 0. The predicted molar refractivity (Wildman–Crippen MR) is 147 cm³/mol. The van der Waals surface area contributed by atoms with E-state index in [1.807, 2.05) is 0 Å². The highest BCUT2D eigenvalue weighted by atomic mass is 15.0. The van der Waals surface area contributed by atoms with E-state index >= 15 is 0 Å². The molecule has 0 unspecified atom stereocenters. The zero-order valence-corrected chi connectivity index (χ0v) is 20.3. The lowest BCUT2D eigenvalue weighted by molar-refractivity contribution is 0.630. The van der Waals surface area contributed by atoms with Crippen LogP contribution < -0.4 is 0 Å². The largest absolute Gasteiger partial charge is 0.309 e. The molecular weight excluding hydrogens is 410 g/mol. The molecule has 0 radical (unpaired) electrons. The normalized spacial score (nSPS) is 14.8. The fourth-order valence-electron chi connectivity index (χ4n) is 5.73. The van der Waals surface area contributed by atoms with Crippen molar-refractivity contribution in [2.45, 2.75) is 33.1 Å².